The molecule has 0 radical (unpaired) electrons. The van der Waals surface area contributed by atoms with Gasteiger partial charge in [-0.3, -0.25) is 19.4 Å². The fraction of sp³-hybridized carbons (Fsp3) is 0.480. The second kappa shape index (κ2) is 11.5. The quantitative estimate of drug-likeness (QED) is 0.555. The Morgan fingerprint density at radius 3 is 2.72 bits per heavy atom. The molecule has 0 saturated heterocycles. The van der Waals surface area contributed by atoms with Gasteiger partial charge < -0.3 is 20.4 Å². The Balaban J connectivity index is 1.46. The average Bonchev–Trinajstić information content (AvgIpc) is 3.27. The number of fused-ring (bicyclic) bond motifs is 1. The summed E-state index contributed by atoms with van der Waals surface area (Å²) < 4.78 is 0. The van der Waals surface area contributed by atoms with Crippen LogP contribution >= 0.6 is 22.9 Å². The van der Waals surface area contributed by atoms with Crippen LogP contribution in [0.5, 0.6) is 0 Å². The summed E-state index contributed by atoms with van der Waals surface area (Å²) >= 11 is 7.28. The average molecular weight is 531 g/mol. The number of pyridine rings is 1. The van der Waals surface area contributed by atoms with Crippen molar-refractivity contribution in [2.75, 3.05) is 27.7 Å². The van der Waals surface area contributed by atoms with Crippen molar-refractivity contribution in [3.63, 3.8) is 0 Å². The molecule has 1 aliphatic carbocycles. The Bertz CT molecular complexity index is 1150. The lowest BCUT2D eigenvalue weighted by molar-refractivity contribution is -0.134. The number of amides is 3. The van der Waals surface area contributed by atoms with Crippen LogP contribution < -0.4 is 10.6 Å². The van der Waals surface area contributed by atoms with Crippen LogP contribution in [0.1, 0.15) is 45.3 Å². The summed E-state index contributed by atoms with van der Waals surface area (Å²) in [6, 6.07) is 2.72. The van der Waals surface area contributed by atoms with Crippen LogP contribution in [0.25, 0.3) is 6.08 Å². The molecule has 4 rings (SSSR count). The summed E-state index contributed by atoms with van der Waals surface area (Å²) in [6.45, 7) is 1.71. The Kier molecular flexibility index (Phi) is 8.38. The zero-order chi connectivity index (χ0) is 25.8. The van der Waals surface area contributed by atoms with E-state index in [1.165, 1.54) is 23.6 Å². The van der Waals surface area contributed by atoms with Crippen LogP contribution in [0, 0.1) is 5.92 Å². The topological polar surface area (TPSA) is 108 Å². The maximum atomic E-state index is 13.2. The minimum Gasteiger partial charge on any atom is -0.349 e. The predicted octanol–water partition coefficient (Wildman–Crippen LogP) is 2.36. The fourth-order valence-electron chi connectivity index (χ4n) is 4.62. The highest BCUT2D eigenvalue weighted by molar-refractivity contribution is 7.13. The fourth-order valence-corrected chi connectivity index (χ4v) is 5.82. The van der Waals surface area contributed by atoms with Crippen molar-refractivity contribution in [2.45, 2.75) is 44.3 Å². The number of hydrogen-bond acceptors (Lipinski definition) is 7. The van der Waals surface area contributed by atoms with Crippen molar-refractivity contribution in [1.29, 1.82) is 0 Å². The molecule has 3 heterocycles. The van der Waals surface area contributed by atoms with Crippen molar-refractivity contribution >= 4 is 46.7 Å². The molecule has 0 bridgehead atoms. The number of rotatable bonds is 6. The van der Waals surface area contributed by atoms with Crippen LogP contribution in [0.3, 0.4) is 0 Å². The third-order valence-electron chi connectivity index (χ3n) is 6.56. The Hall–Kier alpha value is -2.82. The van der Waals surface area contributed by atoms with E-state index in [2.05, 4.69) is 32.5 Å². The van der Waals surface area contributed by atoms with Gasteiger partial charge in [-0.25, -0.2) is 4.98 Å². The minimum absolute atomic E-state index is 0.0282. The highest BCUT2D eigenvalue weighted by Gasteiger charge is 2.36. The van der Waals surface area contributed by atoms with Gasteiger partial charge in [0.05, 0.1) is 22.5 Å². The van der Waals surface area contributed by atoms with Crippen LogP contribution in [0.4, 0.5) is 0 Å². The molecule has 9 nitrogen and oxygen atoms in total. The van der Waals surface area contributed by atoms with Crippen molar-refractivity contribution in [1.82, 2.24) is 30.4 Å². The number of likely N-dealkylation sites (N-methyl/N-ethyl adjacent to an activating group) is 1. The number of carbonyl (C=O) groups is 3. The molecule has 2 aromatic rings. The van der Waals surface area contributed by atoms with Gasteiger partial charge in [0.15, 0.2) is 5.01 Å². The van der Waals surface area contributed by atoms with Gasteiger partial charge >= 0.3 is 0 Å². The smallest absolute Gasteiger partial charge is 0.280 e. The predicted molar refractivity (Wildman–Crippen MR) is 140 cm³/mol. The lowest BCUT2D eigenvalue weighted by Crippen LogP contribution is -2.55. The first-order valence-corrected chi connectivity index (χ1v) is 13.2. The zero-order valence-corrected chi connectivity index (χ0v) is 22.2. The van der Waals surface area contributed by atoms with E-state index < -0.39 is 6.04 Å². The largest absolute Gasteiger partial charge is 0.349 e. The molecule has 36 heavy (non-hydrogen) atoms. The third-order valence-corrected chi connectivity index (χ3v) is 7.86. The SMILES string of the molecule is CN1CCc2nc(C(=O)N[C@@H]3C[C@@H](C(=O)N(C)C)CC[C@@H]3NC(=O)/C=C/c3ccc(Cl)cn3)sc2C1. The molecule has 2 N–H and O–H groups in total. The molecule has 2 aromatic heterocycles. The first kappa shape index (κ1) is 26.2. The van der Waals surface area contributed by atoms with E-state index in [4.69, 9.17) is 11.6 Å². The summed E-state index contributed by atoms with van der Waals surface area (Å²) in [5.74, 6) is -0.743. The monoisotopic (exact) mass is 530 g/mol. The molecule has 11 heteroatoms. The number of thiazole rings is 1. The molecule has 2 aliphatic rings. The summed E-state index contributed by atoms with van der Waals surface area (Å²) in [6.07, 6.45) is 7.02. The molecule has 3 amide bonds. The zero-order valence-electron chi connectivity index (χ0n) is 20.7. The van der Waals surface area contributed by atoms with Crippen molar-refractivity contribution in [2.24, 2.45) is 5.92 Å². The first-order valence-electron chi connectivity index (χ1n) is 12.0. The number of halogens is 1. The van der Waals surface area contributed by atoms with Crippen LogP contribution in [-0.4, -0.2) is 77.3 Å². The van der Waals surface area contributed by atoms with Crippen molar-refractivity contribution in [3.8, 4) is 0 Å². The molecule has 0 spiro atoms. The molecular formula is C25H31ClN6O3S. The van der Waals surface area contributed by atoms with Gasteiger partial charge in [0.25, 0.3) is 5.91 Å². The first-order chi connectivity index (χ1) is 17.2. The maximum Gasteiger partial charge on any atom is 0.280 e. The van der Waals surface area contributed by atoms with Gasteiger partial charge in [-0.05, 0) is 44.5 Å². The maximum absolute atomic E-state index is 13.2. The van der Waals surface area contributed by atoms with Crippen LogP contribution in [0.2, 0.25) is 5.02 Å². The summed E-state index contributed by atoms with van der Waals surface area (Å²) in [4.78, 5) is 52.2. The van der Waals surface area contributed by atoms with Gasteiger partial charge in [0.1, 0.15) is 0 Å². The summed E-state index contributed by atoms with van der Waals surface area (Å²) in [7, 11) is 5.52. The van der Waals surface area contributed by atoms with E-state index in [1.807, 2.05) is 0 Å². The molecule has 3 atom stereocenters. The lowest BCUT2D eigenvalue weighted by atomic mass is 9.81. The lowest BCUT2D eigenvalue weighted by Gasteiger charge is -2.37. The Labute approximate surface area is 219 Å². The summed E-state index contributed by atoms with van der Waals surface area (Å²) in [5.41, 5.74) is 1.59. The molecule has 1 saturated carbocycles. The number of hydrogen-bond donors (Lipinski definition) is 2. The third kappa shape index (κ3) is 6.48. The van der Waals surface area contributed by atoms with E-state index >= 15 is 0 Å². The minimum atomic E-state index is -0.394. The van der Waals surface area contributed by atoms with Gasteiger partial charge in [0, 0.05) is 62.7 Å². The van der Waals surface area contributed by atoms with Crippen molar-refractivity contribution in [3.05, 3.63) is 50.7 Å². The van der Waals surface area contributed by atoms with Crippen LogP contribution in [0.15, 0.2) is 24.4 Å². The van der Waals surface area contributed by atoms with Gasteiger partial charge in [-0.2, -0.15) is 0 Å². The van der Waals surface area contributed by atoms with Gasteiger partial charge in [-0.15, -0.1) is 11.3 Å². The Morgan fingerprint density at radius 2 is 2.00 bits per heavy atom. The summed E-state index contributed by atoms with van der Waals surface area (Å²) in [5, 5.41) is 7.03. The number of carbonyl (C=O) groups excluding carboxylic acids is 3. The second-order valence-corrected chi connectivity index (χ2v) is 11.1. The highest BCUT2D eigenvalue weighted by Crippen LogP contribution is 2.28. The molecule has 0 unspecified atom stereocenters. The normalized spacial score (nSPS) is 22.2. The van der Waals surface area contributed by atoms with E-state index in [0.29, 0.717) is 35.0 Å². The number of nitrogens with zero attached hydrogens (tertiary/aromatic N) is 4. The highest BCUT2D eigenvalue weighted by atomic mass is 35.5. The number of aromatic nitrogens is 2. The van der Waals surface area contributed by atoms with Crippen LogP contribution in [-0.2, 0) is 22.6 Å². The van der Waals surface area contributed by atoms with E-state index in [9.17, 15) is 14.4 Å². The van der Waals surface area contributed by atoms with Crippen molar-refractivity contribution < 1.29 is 14.4 Å². The standard InChI is InChI=1S/C25H31ClN6O3S/c1-31(2)25(35)15-4-8-18(28-22(33)9-7-17-6-5-16(26)13-27-17)20(12-15)29-23(34)24-30-19-10-11-32(3)14-21(19)36-24/h5-7,9,13,15,18,20H,4,8,10-12,14H2,1-3H3,(H,28,33)(H,29,34)/b9-7+/t15-,18-,20+/m0/s1. The van der Waals surface area contributed by atoms with E-state index in [-0.39, 0.29) is 29.7 Å². The molecule has 192 valence electrons. The molecular weight excluding hydrogens is 500 g/mol. The molecule has 0 aromatic carbocycles. The molecule has 1 aliphatic heterocycles. The second-order valence-electron chi connectivity index (χ2n) is 9.55. The number of nitrogens with one attached hydrogen (secondary N) is 2. The van der Waals surface area contributed by atoms with E-state index in [1.54, 1.807) is 37.2 Å². The van der Waals surface area contributed by atoms with E-state index in [0.717, 1.165) is 30.1 Å². The van der Waals surface area contributed by atoms with Gasteiger partial charge in [0.2, 0.25) is 11.8 Å². The molecule has 1 fully saturated rings. The van der Waals surface area contributed by atoms with Gasteiger partial charge in [-0.1, -0.05) is 11.6 Å². The Morgan fingerprint density at radius 1 is 1.19 bits per heavy atom.